The van der Waals surface area contributed by atoms with Gasteiger partial charge in [-0.05, 0) is 75.0 Å². The largest absolute Gasteiger partial charge is 0.416 e. The Labute approximate surface area is 218 Å². The molecule has 2 aromatic carbocycles. The van der Waals surface area contributed by atoms with Gasteiger partial charge in [-0.15, -0.1) is 0 Å². The summed E-state index contributed by atoms with van der Waals surface area (Å²) in [6, 6.07) is 13.1. The Balaban J connectivity index is 1.38. The van der Waals surface area contributed by atoms with Gasteiger partial charge in [0.05, 0.1) is 17.5 Å². The number of halogens is 3. The molecule has 2 aromatic heterocycles. The number of benzene rings is 2. The molecule has 1 N–H and O–H groups in total. The third kappa shape index (κ3) is 5.27. The van der Waals surface area contributed by atoms with Crippen molar-refractivity contribution in [3.8, 4) is 11.3 Å². The number of likely N-dealkylation sites (N-methyl/N-ethyl adjacent to an activating group) is 1. The van der Waals surface area contributed by atoms with Gasteiger partial charge < -0.3 is 10.2 Å². The minimum absolute atomic E-state index is 0.0947. The smallest absolute Gasteiger partial charge is 0.322 e. The van der Waals surface area contributed by atoms with Crippen molar-refractivity contribution in [3.05, 3.63) is 83.2 Å². The van der Waals surface area contributed by atoms with Gasteiger partial charge in [0.25, 0.3) is 5.91 Å². The SMILES string of the molecule is Cc1ccc(C(=O)Nc2ccc(CN3CC[C@@H](N(C)C)C3)c(C(F)(F)F)c2)cc1-c1cnc2cccnn12. The van der Waals surface area contributed by atoms with Crippen molar-refractivity contribution in [1.29, 1.82) is 0 Å². The molecule has 5 rings (SSSR count). The summed E-state index contributed by atoms with van der Waals surface area (Å²) in [5.74, 6) is -0.498. The fourth-order valence-electron chi connectivity index (χ4n) is 4.93. The number of imidazole rings is 1. The van der Waals surface area contributed by atoms with Gasteiger partial charge in [0, 0.05) is 48.7 Å². The summed E-state index contributed by atoms with van der Waals surface area (Å²) in [5, 5.41) is 6.98. The number of aromatic nitrogens is 3. The predicted octanol–water partition coefficient (Wildman–Crippen LogP) is 5.11. The Hall–Kier alpha value is -3.76. The Morgan fingerprint density at radius 3 is 2.71 bits per heavy atom. The molecule has 10 heteroatoms. The van der Waals surface area contributed by atoms with Gasteiger partial charge in [-0.25, -0.2) is 9.50 Å². The summed E-state index contributed by atoms with van der Waals surface area (Å²) in [4.78, 5) is 21.6. The van der Waals surface area contributed by atoms with E-state index in [2.05, 4.69) is 20.3 Å². The second kappa shape index (κ2) is 10.2. The number of hydrogen-bond acceptors (Lipinski definition) is 5. The second-order valence-electron chi connectivity index (χ2n) is 9.93. The standard InChI is InChI=1S/C28H29F3N6O/c1-18-6-7-19(13-23(18)25-15-32-26-5-4-11-33-37(25)26)27(38)34-21-9-8-20(24(14-21)28(29,30)31)16-36-12-10-22(17-36)35(2)3/h4-9,11,13-15,22H,10,12,16-17H2,1-3H3,(H,34,38)/t22-/m1/s1. The Morgan fingerprint density at radius 2 is 1.97 bits per heavy atom. The van der Waals surface area contributed by atoms with Gasteiger partial charge >= 0.3 is 6.18 Å². The Kier molecular flexibility index (Phi) is 6.93. The second-order valence-corrected chi connectivity index (χ2v) is 9.93. The molecule has 1 amide bonds. The van der Waals surface area contributed by atoms with E-state index in [-0.39, 0.29) is 17.8 Å². The fourth-order valence-corrected chi connectivity index (χ4v) is 4.93. The van der Waals surface area contributed by atoms with Crippen molar-refractivity contribution in [3.63, 3.8) is 0 Å². The van der Waals surface area contributed by atoms with Gasteiger partial charge in [-0.1, -0.05) is 12.1 Å². The molecule has 0 aliphatic carbocycles. The maximum atomic E-state index is 14.0. The highest BCUT2D eigenvalue weighted by Gasteiger charge is 2.35. The fraction of sp³-hybridized carbons (Fsp3) is 0.321. The molecular weight excluding hydrogens is 493 g/mol. The molecule has 0 bridgehead atoms. The van der Waals surface area contributed by atoms with Gasteiger partial charge in [-0.2, -0.15) is 18.3 Å². The summed E-state index contributed by atoms with van der Waals surface area (Å²) in [6.45, 7) is 3.59. The van der Waals surface area contributed by atoms with E-state index in [1.54, 1.807) is 41.2 Å². The summed E-state index contributed by atoms with van der Waals surface area (Å²) >= 11 is 0. The summed E-state index contributed by atoms with van der Waals surface area (Å²) < 4.78 is 43.7. The highest BCUT2D eigenvalue weighted by atomic mass is 19.4. The van der Waals surface area contributed by atoms with Gasteiger partial charge in [0.15, 0.2) is 5.65 Å². The minimum Gasteiger partial charge on any atom is -0.322 e. The number of hydrogen-bond donors (Lipinski definition) is 1. The lowest BCUT2D eigenvalue weighted by Gasteiger charge is -2.22. The molecule has 1 saturated heterocycles. The van der Waals surface area contributed by atoms with Crippen LogP contribution in [0.15, 0.2) is 60.9 Å². The molecule has 0 radical (unpaired) electrons. The van der Waals surface area contributed by atoms with E-state index in [4.69, 9.17) is 0 Å². The zero-order valence-corrected chi connectivity index (χ0v) is 21.5. The molecular formula is C28H29F3N6O. The first-order valence-corrected chi connectivity index (χ1v) is 12.4. The third-order valence-corrected chi connectivity index (χ3v) is 7.10. The van der Waals surface area contributed by atoms with Crippen LogP contribution < -0.4 is 5.32 Å². The minimum atomic E-state index is -4.54. The van der Waals surface area contributed by atoms with Crippen LogP contribution in [0, 0.1) is 6.92 Å². The highest BCUT2D eigenvalue weighted by molar-refractivity contribution is 6.05. The molecule has 1 aliphatic rings. The first kappa shape index (κ1) is 25.9. The molecule has 0 unspecified atom stereocenters. The normalized spacial score (nSPS) is 16.4. The lowest BCUT2D eigenvalue weighted by Crippen LogP contribution is -2.31. The van der Waals surface area contributed by atoms with E-state index >= 15 is 0 Å². The van der Waals surface area contributed by atoms with E-state index in [0.717, 1.165) is 42.4 Å². The molecule has 1 atom stereocenters. The number of nitrogens with zero attached hydrogens (tertiary/aromatic N) is 5. The van der Waals surface area contributed by atoms with Crippen LogP contribution in [-0.4, -0.2) is 63.5 Å². The average molecular weight is 523 g/mol. The molecule has 0 saturated carbocycles. The molecule has 38 heavy (non-hydrogen) atoms. The van der Waals surface area contributed by atoms with Gasteiger partial charge in [-0.3, -0.25) is 9.69 Å². The first-order valence-electron chi connectivity index (χ1n) is 12.4. The number of nitrogens with one attached hydrogen (secondary N) is 1. The third-order valence-electron chi connectivity index (χ3n) is 7.10. The van der Waals surface area contributed by atoms with Crippen LogP contribution in [0.1, 0.15) is 33.5 Å². The number of amides is 1. The number of likely N-dealkylation sites (tertiary alicyclic amines) is 1. The number of anilines is 1. The zero-order valence-electron chi connectivity index (χ0n) is 21.5. The van der Waals surface area contributed by atoms with E-state index in [0.29, 0.717) is 17.3 Å². The first-order chi connectivity index (χ1) is 18.1. The summed E-state index contributed by atoms with van der Waals surface area (Å²) in [6.07, 6.45) is -0.284. The van der Waals surface area contributed by atoms with Crippen molar-refractivity contribution >= 4 is 17.2 Å². The van der Waals surface area contributed by atoms with Crippen LogP contribution in [0.2, 0.25) is 0 Å². The predicted molar refractivity (Wildman–Crippen MR) is 140 cm³/mol. The van der Waals surface area contributed by atoms with Crippen molar-refractivity contribution in [2.75, 3.05) is 32.5 Å². The topological polar surface area (TPSA) is 65.8 Å². The molecule has 7 nitrogen and oxygen atoms in total. The maximum Gasteiger partial charge on any atom is 0.416 e. The maximum absolute atomic E-state index is 14.0. The number of carbonyl (C=O) groups is 1. The van der Waals surface area contributed by atoms with Crippen molar-refractivity contribution < 1.29 is 18.0 Å². The van der Waals surface area contributed by atoms with Crippen LogP contribution in [0.25, 0.3) is 16.9 Å². The van der Waals surface area contributed by atoms with Crippen LogP contribution in [-0.2, 0) is 12.7 Å². The molecule has 1 aliphatic heterocycles. The van der Waals surface area contributed by atoms with E-state index in [1.165, 1.54) is 12.1 Å². The Bertz CT molecular complexity index is 1480. The van der Waals surface area contributed by atoms with Crippen LogP contribution in [0.3, 0.4) is 0 Å². The average Bonchev–Trinajstić information content (AvgIpc) is 3.52. The van der Waals surface area contributed by atoms with Crippen LogP contribution in [0.5, 0.6) is 0 Å². The number of carbonyl (C=O) groups excluding carboxylic acids is 1. The highest BCUT2D eigenvalue weighted by Crippen LogP contribution is 2.35. The summed E-state index contributed by atoms with van der Waals surface area (Å²) in [7, 11) is 3.97. The van der Waals surface area contributed by atoms with Gasteiger partial charge in [0.1, 0.15) is 0 Å². The van der Waals surface area contributed by atoms with E-state index < -0.39 is 17.6 Å². The van der Waals surface area contributed by atoms with E-state index in [1.807, 2.05) is 32.0 Å². The summed E-state index contributed by atoms with van der Waals surface area (Å²) in [5.41, 5.74) is 2.95. The number of rotatable bonds is 6. The molecule has 1 fully saturated rings. The Morgan fingerprint density at radius 1 is 1.16 bits per heavy atom. The van der Waals surface area contributed by atoms with Gasteiger partial charge in [0.2, 0.25) is 0 Å². The van der Waals surface area contributed by atoms with Crippen molar-refractivity contribution in [1.82, 2.24) is 24.4 Å². The monoisotopic (exact) mass is 522 g/mol. The number of aryl methyl sites for hydroxylation is 1. The van der Waals surface area contributed by atoms with Crippen molar-refractivity contribution in [2.24, 2.45) is 0 Å². The lowest BCUT2D eigenvalue weighted by atomic mass is 10.0. The molecule has 198 valence electrons. The quantitative estimate of drug-likeness (QED) is 0.381. The zero-order chi connectivity index (χ0) is 27.0. The van der Waals surface area contributed by atoms with Crippen LogP contribution >= 0.6 is 0 Å². The van der Waals surface area contributed by atoms with Crippen LogP contribution in [0.4, 0.5) is 18.9 Å². The number of fused-ring (bicyclic) bond motifs is 1. The van der Waals surface area contributed by atoms with E-state index in [9.17, 15) is 18.0 Å². The molecule has 3 heterocycles. The number of alkyl halides is 3. The molecule has 0 spiro atoms. The van der Waals surface area contributed by atoms with Crippen molar-refractivity contribution in [2.45, 2.75) is 32.1 Å². The lowest BCUT2D eigenvalue weighted by molar-refractivity contribution is -0.138. The molecule has 4 aromatic rings.